The smallest absolute Gasteiger partial charge is 0.254 e. The minimum absolute atomic E-state index is 0.265. The summed E-state index contributed by atoms with van der Waals surface area (Å²) in [4.78, 5) is 20.5. The topological polar surface area (TPSA) is 85.4 Å². The normalized spacial score (nSPS) is 10.3. The van der Waals surface area contributed by atoms with Crippen molar-refractivity contribution in [1.29, 1.82) is 0 Å². The standard InChI is InChI=1S/C21H21FN4O3/c1-28-18-8-3-14(11-19(18)29-2)9-10-23-20(27)15-12-24-21(25-13-15)26-17-6-4-16(22)5-7-17/h3-8,11-13H,9-10H2,1-2H3,(H,23,27)(H,24,25,26). The fourth-order valence-corrected chi connectivity index (χ4v) is 2.63. The van der Waals surface area contributed by atoms with Gasteiger partial charge in [-0.05, 0) is 48.4 Å². The van der Waals surface area contributed by atoms with Gasteiger partial charge in [-0.15, -0.1) is 0 Å². The third kappa shape index (κ3) is 5.41. The molecule has 0 radical (unpaired) electrons. The van der Waals surface area contributed by atoms with E-state index in [9.17, 15) is 9.18 Å². The molecule has 2 N–H and O–H groups in total. The molecule has 8 heteroatoms. The van der Waals surface area contributed by atoms with Gasteiger partial charge in [-0.3, -0.25) is 4.79 Å². The summed E-state index contributed by atoms with van der Waals surface area (Å²) in [5, 5.41) is 5.78. The van der Waals surface area contributed by atoms with Gasteiger partial charge in [0, 0.05) is 24.6 Å². The van der Waals surface area contributed by atoms with Crippen molar-refractivity contribution in [2.75, 3.05) is 26.1 Å². The number of nitrogens with zero attached hydrogens (tertiary/aromatic N) is 2. The SMILES string of the molecule is COc1ccc(CCNC(=O)c2cnc(Nc3ccc(F)cc3)nc2)cc1OC. The highest BCUT2D eigenvalue weighted by atomic mass is 19.1. The molecule has 1 heterocycles. The second kappa shape index (κ2) is 9.50. The summed E-state index contributed by atoms with van der Waals surface area (Å²) in [5.74, 6) is 1.04. The summed E-state index contributed by atoms with van der Waals surface area (Å²) in [6.07, 6.45) is 3.51. The molecule has 0 aliphatic heterocycles. The van der Waals surface area contributed by atoms with Gasteiger partial charge in [-0.25, -0.2) is 14.4 Å². The zero-order chi connectivity index (χ0) is 20.6. The molecule has 0 spiro atoms. The summed E-state index contributed by atoms with van der Waals surface area (Å²) in [7, 11) is 3.16. The van der Waals surface area contributed by atoms with Gasteiger partial charge in [0.15, 0.2) is 11.5 Å². The van der Waals surface area contributed by atoms with Crippen LogP contribution in [0, 0.1) is 5.82 Å². The maximum absolute atomic E-state index is 12.9. The van der Waals surface area contributed by atoms with Crippen LogP contribution >= 0.6 is 0 Å². The Labute approximate surface area is 167 Å². The lowest BCUT2D eigenvalue weighted by molar-refractivity contribution is 0.0953. The van der Waals surface area contributed by atoms with E-state index in [4.69, 9.17) is 9.47 Å². The Balaban J connectivity index is 1.52. The Morgan fingerprint density at radius 2 is 1.69 bits per heavy atom. The van der Waals surface area contributed by atoms with Crippen LogP contribution in [0.4, 0.5) is 16.0 Å². The van der Waals surface area contributed by atoms with Crippen LogP contribution in [-0.4, -0.2) is 36.6 Å². The molecule has 0 aliphatic rings. The van der Waals surface area contributed by atoms with Crippen LogP contribution in [0.3, 0.4) is 0 Å². The molecule has 2 aromatic carbocycles. The molecule has 0 unspecified atom stereocenters. The Kier molecular flexibility index (Phi) is 6.57. The molecule has 3 rings (SSSR count). The van der Waals surface area contributed by atoms with E-state index in [-0.39, 0.29) is 11.7 Å². The van der Waals surface area contributed by atoms with E-state index in [0.29, 0.717) is 41.7 Å². The molecule has 0 aliphatic carbocycles. The second-order valence-corrected chi connectivity index (χ2v) is 6.12. The molecule has 29 heavy (non-hydrogen) atoms. The average Bonchev–Trinajstić information content (AvgIpc) is 2.75. The van der Waals surface area contributed by atoms with Gasteiger partial charge >= 0.3 is 0 Å². The van der Waals surface area contributed by atoms with Crippen molar-refractivity contribution in [3.63, 3.8) is 0 Å². The molecule has 3 aromatic rings. The van der Waals surface area contributed by atoms with Crippen LogP contribution in [-0.2, 0) is 6.42 Å². The number of rotatable bonds is 8. The molecule has 0 fully saturated rings. The van der Waals surface area contributed by atoms with E-state index < -0.39 is 0 Å². The van der Waals surface area contributed by atoms with Crippen molar-refractivity contribution in [3.8, 4) is 11.5 Å². The van der Waals surface area contributed by atoms with Crippen LogP contribution < -0.4 is 20.1 Å². The van der Waals surface area contributed by atoms with Crippen molar-refractivity contribution in [2.45, 2.75) is 6.42 Å². The molecule has 150 valence electrons. The molecule has 0 saturated heterocycles. The maximum Gasteiger partial charge on any atom is 0.254 e. The quantitative estimate of drug-likeness (QED) is 0.607. The fraction of sp³-hybridized carbons (Fsp3) is 0.190. The predicted octanol–water partition coefficient (Wildman–Crippen LogP) is 3.35. The van der Waals surface area contributed by atoms with Gasteiger partial charge in [0.05, 0.1) is 19.8 Å². The maximum atomic E-state index is 12.9. The summed E-state index contributed by atoms with van der Waals surface area (Å²) in [5.41, 5.74) is 2.01. The minimum atomic E-state index is -0.323. The van der Waals surface area contributed by atoms with E-state index in [1.54, 1.807) is 26.4 Å². The number of amides is 1. The first-order chi connectivity index (χ1) is 14.1. The molecule has 0 saturated carbocycles. The zero-order valence-corrected chi connectivity index (χ0v) is 16.1. The van der Waals surface area contributed by atoms with E-state index in [2.05, 4.69) is 20.6 Å². The number of carbonyl (C=O) groups excluding carboxylic acids is 1. The number of hydrogen-bond acceptors (Lipinski definition) is 6. The molecule has 7 nitrogen and oxygen atoms in total. The van der Waals surface area contributed by atoms with Crippen LogP contribution in [0.15, 0.2) is 54.9 Å². The van der Waals surface area contributed by atoms with Crippen LogP contribution in [0.1, 0.15) is 15.9 Å². The van der Waals surface area contributed by atoms with Crippen LogP contribution in [0.5, 0.6) is 11.5 Å². The van der Waals surface area contributed by atoms with E-state index >= 15 is 0 Å². The van der Waals surface area contributed by atoms with E-state index in [1.165, 1.54) is 24.5 Å². The number of ether oxygens (including phenoxy) is 2. The molecule has 1 amide bonds. The van der Waals surface area contributed by atoms with Gasteiger partial charge in [0.2, 0.25) is 5.95 Å². The highest BCUT2D eigenvalue weighted by Gasteiger charge is 2.08. The zero-order valence-electron chi connectivity index (χ0n) is 16.1. The number of halogens is 1. The number of anilines is 2. The largest absolute Gasteiger partial charge is 0.493 e. The first-order valence-corrected chi connectivity index (χ1v) is 8.93. The first-order valence-electron chi connectivity index (χ1n) is 8.93. The Morgan fingerprint density at radius 3 is 2.34 bits per heavy atom. The highest BCUT2D eigenvalue weighted by molar-refractivity contribution is 5.93. The summed E-state index contributed by atoms with van der Waals surface area (Å²) >= 11 is 0. The first kappa shape index (κ1) is 20.1. The molecular formula is C21H21FN4O3. The lowest BCUT2D eigenvalue weighted by Crippen LogP contribution is -2.26. The molecule has 0 atom stereocenters. The van der Waals surface area contributed by atoms with Crippen molar-refractivity contribution in [2.24, 2.45) is 0 Å². The van der Waals surface area contributed by atoms with Gasteiger partial charge in [-0.1, -0.05) is 6.07 Å². The van der Waals surface area contributed by atoms with Crippen molar-refractivity contribution in [1.82, 2.24) is 15.3 Å². The van der Waals surface area contributed by atoms with Crippen molar-refractivity contribution < 1.29 is 18.7 Å². The number of carbonyl (C=O) groups is 1. The lowest BCUT2D eigenvalue weighted by atomic mass is 10.1. The predicted molar refractivity (Wildman–Crippen MR) is 107 cm³/mol. The van der Waals surface area contributed by atoms with Gasteiger partial charge in [0.1, 0.15) is 5.82 Å². The third-order valence-corrected chi connectivity index (χ3v) is 4.16. The Morgan fingerprint density at radius 1 is 1.00 bits per heavy atom. The molecular weight excluding hydrogens is 375 g/mol. The summed E-state index contributed by atoms with van der Waals surface area (Å²) in [6.45, 7) is 0.448. The van der Waals surface area contributed by atoms with Crippen LogP contribution in [0.25, 0.3) is 0 Å². The third-order valence-electron chi connectivity index (χ3n) is 4.16. The molecule has 0 bridgehead atoms. The minimum Gasteiger partial charge on any atom is -0.493 e. The highest BCUT2D eigenvalue weighted by Crippen LogP contribution is 2.27. The summed E-state index contributed by atoms with van der Waals surface area (Å²) < 4.78 is 23.4. The van der Waals surface area contributed by atoms with Gasteiger partial charge in [0.25, 0.3) is 5.91 Å². The number of hydrogen-bond donors (Lipinski definition) is 2. The number of methoxy groups -OCH3 is 2. The number of benzene rings is 2. The van der Waals surface area contributed by atoms with E-state index in [1.807, 2.05) is 18.2 Å². The van der Waals surface area contributed by atoms with Crippen molar-refractivity contribution >= 4 is 17.5 Å². The van der Waals surface area contributed by atoms with Gasteiger partial charge in [-0.2, -0.15) is 0 Å². The Bertz CT molecular complexity index is 963. The van der Waals surface area contributed by atoms with Crippen molar-refractivity contribution in [3.05, 3.63) is 71.8 Å². The molecule has 1 aromatic heterocycles. The number of nitrogens with one attached hydrogen (secondary N) is 2. The average molecular weight is 396 g/mol. The second-order valence-electron chi connectivity index (χ2n) is 6.12. The lowest BCUT2D eigenvalue weighted by Gasteiger charge is -2.10. The monoisotopic (exact) mass is 396 g/mol. The number of aromatic nitrogens is 2. The van der Waals surface area contributed by atoms with Crippen LogP contribution in [0.2, 0.25) is 0 Å². The fourth-order valence-electron chi connectivity index (χ4n) is 2.63. The van der Waals surface area contributed by atoms with Gasteiger partial charge < -0.3 is 20.1 Å². The van der Waals surface area contributed by atoms with E-state index in [0.717, 1.165) is 5.56 Å². The Hall–Kier alpha value is -3.68. The summed E-state index contributed by atoms with van der Waals surface area (Å²) in [6, 6.07) is 11.5.